The van der Waals surface area contributed by atoms with E-state index in [1.54, 1.807) is 12.3 Å². The second kappa shape index (κ2) is 4.49. The van der Waals surface area contributed by atoms with Gasteiger partial charge < -0.3 is 4.57 Å². The molecule has 0 N–H and O–H groups in total. The first-order valence-corrected chi connectivity index (χ1v) is 7.20. The summed E-state index contributed by atoms with van der Waals surface area (Å²) in [5.74, 6) is 0.626. The summed E-state index contributed by atoms with van der Waals surface area (Å²) in [5, 5.41) is 0.153. The number of hydrogen-bond donors (Lipinski definition) is 0. The molecule has 3 heterocycles. The van der Waals surface area contributed by atoms with Gasteiger partial charge in [0.2, 0.25) is 5.28 Å². The van der Waals surface area contributed by atoms with Crippen molar-refractivity contribution >= 4 is 22.6 Å². The number of benzene rings is 1. The second-order valence-corrected chi connectivity index (χ2v) is 5.66. The Bertz CT molecular complexity index is 858. The highest BCUT2D eigenvalue weighted by atomic mass is 35.5. The minimum Gasteiger partial charge on any atom is -0.325 e. The van der Waals surface area contributed by atoms with Gasteiger partial charge >= 0.3 is 0 Å². The van der Waals surface area contributed by atoms with Gasteiger partial charge in [0.25, 0.3) is 0 Å². The number of nitrogens with zero attached hydrogens (tertiary/aromatic N) is 4. The molecule has 0 amide bonds. The lowest BCUT2D eigenvalue weighted by molar-refractivity contribution is 0.595. The SMILES string of the molecule is CC1CCc2nc3c(F)cc(-c4ccnc(Cl)n4)cc3n21. The lowest BCUT2D eigenvalue weighted by atomic mass is 10.1. The highest BCUT2D eigenvalue weighted by Gasteiger charge is 2.24. The molecule has 1 aliphatic rings. The number of halogens is 2. The molecule has 106 valence electrons. The van der Waals surface area contributed by atoms with Crippen molar-refractivity contribution < 1.29 is 4.39 Å². The van der Waals surface area contributed by atoms with Crippen LogP contribution in [0.15, 0.2) is 24.4 Å². The highest BCUT2D eigenvalue weighted by molar-refractivity contribution is 6.28. The quantitative estimate of drug-likeness (QED) is 0.642. The van der Waals surface area contributed by atoms with E-state index in [-0.39, 0.29) is 11.1 Å². The summed E-state index contributed by atoms with van der Waals surface area (Å²) < 4.78 is 16.5. The van der Waals surface area contributed by atoms with Crippen molar-refractivity contribution in [1.82, 2.24) is 19.5 Å². The van der Waals surface area contributed by atoms with Gasteiger partial charge in [-0.1, -0.05) is 0 Å². The molecule has 0 aliphatic carbocycles. The Hall–Kier alpha value is -2.01. The van der Waals surface area contributed by atoms with Gasteiger partial charge in [-0.2, -0.15) is 0 Å². The molecule has 1 unspecified atom stereocenters. The second-order valence-electron chi connectivity index (χ2n) is 5.32. The Labute approximate surface area is 125 Å². The number of aryl methyl sites for hydroxylation is 1. The first-order valence-electron chi connectivity index (χ1n) is 6.83. The molecular weight excluding hydrogens is 291 g/mol. The van der Waals surface area contributed by atoms with Gasteiger partial charge in [0, 0.05) is 24.2 Å². The van der Waals surface area contributed by atoms with E-state index in [4.69, 9.17) is 11.6 Å². The fourth-order valence-corrected chi connectivity index (χ4v) is 3.13. The minimum atomic E-state index is -0.327. The maximum Gasteiger partial charge on any atom is 0.222 e. The van der Waals surface area contributed by atoms with Crippen LogP contribution >= 0.6 is 11.6 Å². The standard InChI is InChI=1S/C15H12ClFN4/c1-8-2-3-13-20-14-10(17)6-9(7-12(14)21(8)13)11-4-5-18-15(16)19-11/h4-8H,2-3H2,1H3. The molecule has 0 fully saturated rings. The zero-order chi connectivity index (χ0) is 14.6. The smallest absolute Gasteiger partial charge is 0.222 e. The van der Waals surface area contributed by atoms with Crippen LogP contribution in [-0.4, -0.2) is 19.5 Å². The van der Waals surface area contributed by atoms with E-state index >= 15 is 0 Å². The van der Waals surface area contributed by atoms with Gasteiger partial charge in [0.05, 0.1) is 11.2 Å². The molecule has 1 aromatic carbocycles. The predicted octanol–water partition coefficient (Wildman–Crippen LogP) is 3.79. The summed E-state index contributed by atoms with van der Waals surface area (Å²) in [7, 11) is 0. The van der Waals surface area contributed by atoms with E-state index in [1.807, 2.05) is 6.07 Å². The minimum absolute atomic E-state index is 0.153. The largest absolute Gasteiger partial charge is 0.325 e. The van der Waals surface area contributed by atoms with Crippen LogP contribution in [0, 0.1) is 5.82 Å². The monoisotopic (exact) mass is 302 g/mol. The van der Waals surface area contributed by atoms with Crippen molar-refractivity contribution in [3.05, 3.63) is 41.3 Å². The van der Waals surface area contributed by atoms with Crippen molar-refractivity contribution in [2.45, 2.75) is 25.8 Å². The first kappa shape index (κ1) is 12.7. The molecule has 6 heteroatoms. The third-order valence-corrected chi connectivity index (χ3v) is 4.15. The number of aromatic nitrogens is 4. The fourth-order valence-electron chi connectivity index (χ4n) is 2.98. The van der Waals surface area contributed by atoms with Crippen LogP contribution in [0.1, 0.15) is 25.2 Å². The molecule has 4 rings (SSSR count). The van der Waals surface area contributed by atoms with Gasteiger partial charge in [0.1, 0.15) is 11.3 Å². The predicted molar refractivity (Wildman–Crippen MR) is 78.8 cm³/mol. The zero-order valence-corrected chi connectivity index (χ0v) is 12.1. The van der Waals surface area contributed by atoms with E-state index in [0.717, 1.165) is 24.2 Å². The summed E-state index contributed by atoms with van der Waals surface area (Å²) in [6.45, 7) is 2.13. The lowest BCUT2D eigenvalue weighted by Crippen LogP contribution is -1.99. The van der Waals surface area contributed by atoms with Crippen LogP contribution in [0.3, 0.4) is 0 Å². The van der Waals surface area contributed by atoms with Gasteiger partial charge in [-0.25, -0.2) is 19.3 Å². The van der Waals surface area contributed by atoms with Crippen LogP contribution in [-0.2, 0) is 6.42 Å². The maximum absolute atomic E-state index is 14.4. The van der Waals surface area contributed by atoms with Crippen LogP contribution < -0.4 is 0 Å². The molecule has 0 saturated heterocycles. The molecule has 2 aromatic heterocycles. The fraction of sp³-hybridized carbons (Fsp3) is 0.267. The van der Waals surface area contributed by atoms with E-state index in [1.165, 1.54) is 6.07 Å². The van der Waals surface area contributed by atoms with Crippen molar-refractivity contribution in [2.75, 3.05) is 0 Å². The third kappa shape index (κ3) is 1.92. The molecule has 1 aliphatic heterocycles. The number of imidazole rings is 1. The molecule has 0 spiro atoms. The summed E-state index contributed by atoms with van der Waals surface area (Å²) in [5.41, 5.74) is 2.54. The Balaban J connectivity index is 1.98. The van der Waals surface area contributed by atoms with E-state index in [0.29, 0.717) is 22.8 Å². The van der Waals surface area contributed by atoms with Crippen LogP contribution in [0.2, 0.25) is 5.28 Å². The van der Waals surface area contributed by atoms with Crippen LogP contribution in [0.4, 0.5) is 4.39 Å². The highest BCUT2D eigenvalue weighted by Crippen LogP contribution is 2.34. The van der Waals surface area contributed by atoms with Gasteiger partial charge in [-0.15, -0.1) is 0 Å². The molecule has 0 bridgehead atoms. The summed E-state index contributed by atoms with van der Waals surface area (Å²) in [4.78, 5) is 12.4. The number of hydrogen-bond acceptors (Lipinski definition) is 3. The first-order chi connectivity index (χ1) is 10.1. The van der Waals surface area contributed by atoms with Gasteiger partial charge in [-0.05, 0) is 43.1 Å². The van der Waals surface area contributed by atoms with E-state index in [9.17, 15) is 4.39 Å². The molecule has 3 aromatic rings. The topological polar surface area (TPSA) is 43.6 Å². The molecule has 0 saturated carbocycles. The zero-order valence-electron chi connectivity index (χ0n) is 11.3. The Morgan fingerprint density at radius 3 is 3.00 bits per heavy atom. The molecule has 1 atom stereocenters. The van der Waals surface area contributed by atoms with Crippen LogP contribution in [0.25, 0.3) is 22.3 Å². The lowest BCUT2D eigenvalue weighted by Gasteiger charge is -2.09. The van der Waals surface area contributed by atoms with E-state index < -0.39 is 0 Å². The van der Waals surface area contributed by atoms with E-state index in [2.05, 4.69) is 26.4 Å². The average Bonchev–Trinajstić information content (AvgIpc) is 3.00. The molecule has 4 nitrogen and oxygen atoms in total. The van der Waals surface area contributed by atoms with Crippen LogP contribution in [0.5, 0.6) is 0 Å². The van der Waals surface area contributed by atoms with Gasteiger partial charge in [-0.3, -0.25) is 0 Å². The molecule has 0 radical (unpaired) electrons. The van der Waals surface area contributed by atoms with Gasteiger partial charge in [0.15, 0.2) is 5.82 Å². The summed E-state index contributed by atoms with van der Waals surface area (Å²) >= 11 is 5.82. The Kier molecular flexibility index (Phi) is 2.72. The normalized spacial score (nSPS) is 17.4. The number of fused-ring (bicyclic) bond motifs is 3. The molecular formula is C15H12ClFN4. The molecule has 21 heavy (non-hydrogen) atoms. The summed E-state index contributed by atoms with van der Waals surface area (Å²) in [6.07, 6.45) is 3.50. The summed E-state index contributed by atoms with van der Waals surface area (Å²) in [6, 6.07) is 5.44. The Morgan fingerprint density at radius 2 is 2.19 bits per heavy atom. The van der Waals surface area contributed by atoms with Crippen molar-refractivity contribution in [3.63, 3.8) is 0 Å². The van der Waals surface area contributed by atoms with Crippen molar-refractivity contribution in [3.8, 4) is 11.3 Å². The maximum atomic E-state index is 14.4. The average molecular weight is 303 g/mol. The number of rotatable bonds is 1. The third-order valence-electron chi connectivity index (χ3n) is 3.97. The van der Waals surface area contributed by atoms with Crippen molar-refractivity contribution in [2.24, 2.45) is 0 Å². The van der Waals surface area contributed by atoms with Crippen molar-refractivity contribution in [1.29, 1.82) is 0 Å². The Morgan fingerprint density at radius 1 is 1.33 bits per heavy atom.